The van der Waals surface area contributed by atoms with Crippen LogP contribution in [-0.4, -0.2) is 25.8 Å². The van der Waals surface area contributed by atoms with Gasteiger partial charge in [0.15, 0.2) is 18.1 Å². The minimum atomic E-state index is -0.394. The monoisotopic (exact) mass is 456 g/mol. The zero-order valence-corrected chi connectivity index (χ0v) is 15.8. The van der Waals surface area contributed by atoms with Crippen LogP contribution >= 0.6 is 31.9 Å². The van der Waals surface area contributed by atoms with E-state index in [2.05, 4.69) is 42.4 Å². The third-order valence-electron chi connectivity index (χ3n) is 2.70. The fourth-order valence-electron chi connectivity index (χ4n) is 1.67. The largest absolute Gasteiger partial charge is 0.493 e. The average molecular weight is 458 g/mol. The van der Waals surface area contributed by atoms with Crippen LogP contribution in [0.3, 0.4) is 0 Å². The van der Waals surface area contributed by atoms with Crippen LogP contribution < -0.4 is 14.9 Å². The molecule has 2 aromatic rings. The molecule has 0 aliphatic heterocycles. The van der Waals surface area contributed by atoms with Crippen molar-refractivity contribution in [3.8, 4) is 11.5 Å². The van der Waals surface area contributed by atoms with E-state index in [1.807, 2.05) is 0 Å². The van der Waals surface area contributed by atoms with Crippen molar-refractivity contribution in [1.29, 1.82) is 0 Å². The fraction of sp³-hybridized carbons (Fsp3) is 0.125. The number of benzene rings is 1. The van der Waals surface area contributed by atoms with Crippen molar-refractivity contribution >= 4 is 50.1 Å². The number of allylic oxidation sites excluding steroid dienone is 1. The van der Waals surface area contributed by atoms with Crippen LogP contribution in [0.4, 0.5) is 0 Å². The molecule has 1 aromatic heterocycles. The number of amides is 1. The Labute approximate surface area is 155 Å². The van der Waals surface area contributed by atoms with Crippen molar-refractivity contribution in [2.45, 2.75) is 0 Å². The number of rotatable bonds is 7. The second-order valence-electron chi connectivity index (χ2n) is 4.40. The van der Waals surface area contributed by atoms with Gasteiger partial charge in [-0.2, -0.15) is 5.10 Å². The summed E-state index contributed by atoms with van der Waals surface area (Å²) in [6, 6.07) is 7.13. The molecule has 1 aromatic carbocycles. The van der Waals surface area contributed by atoms with E-state index in [0.29, 0.717) is 21.7 Å². The summed E-state index contributed by atoms with van der Waals surface area (Å²) in [6.07, 6.45) is 6.38. The molecule has 0 atom stereocenters. The summed E-state index contributed by atoms with van der Waals surface area (Å²) in [5, 5.41) is 3.78. The Morgan fingerprint density at radius 1 is 1.42 bits per heavy atom. The Bertz CT molecular complexity index is 743. The molecule has 0 unspecified atom stereocenters. The number of nitrogens with zero attached hydrogens (tertiary/aromatic N) is 1. The average Bonchev–Trinajstić information content (AvgIpc) is 3.06. The fourth-order valence-corrected chi connectivity index (χ4v) is 2.98. The van der Waals surface area contributed by atoms with Crippen LogP contribution in [0.15, 0.2) is 55.1 Å². The maximum atomic E-state index is 11.7. The number of carbonyl (C=O) groups excluding carboxylic acids is 1. The normalized spacial score (nSPS) is 11.1. The van der Waals surface area contributed by atoms with E-state index in [9.17, 15) is 4.79 Å². The molecule has 8 heteroatoms. The second-order valence-corrected chi connectivity index (χ2v) is 6.17. The molecule has 1 amide bonds. The summed E-state index contributed by atoms with van der Waals surface area (Å²) in [4.78, 5) is 11.7. The summed E-state index contributed by atoms with van der Waals surface area (Å²) < 4.78 is 17.3. The lowest BCUT2D eigenvalue weighted by Gasteiger charge is -2.12. The topological polar surface area (TPSA) is 73.1 Å². The Balaban J connectivity index is 1.83. The first-order valence-electron chi connectivity index (χ1n) is 6.78. The molecule has 1 heterocycles. The van der Waals surface area contributed by atoms with Gasteiger partial charge in [-0.05, 0) is 52.3 Å². The summed E-state index contributed by atoms with van der Waals surface area (Å²) >= 11 is 6.72. The van der Waals surface area contributed by atoms with Crippen molar-refractivity contribution in [2.75, 3.05) is 13.7 Å². The van der Waals surface area contributed by atoms with Gasteiger partial charge < -0.3 is 13.9 Å². The number of ether oxygens (including phenoxy) is 2. The summed E-state index contributed by atoms with van der Waals surface area (Å²) in [5.41, 5.74) is 2.36. The van der Waals surface area contributed by atoms with Gasteiger partial charge in [-0.3, -0.25) is 4.79 Å². The standard InChI is InChI=1S/C16H14Br2N2O4/c1-22-14-9-11(17)8-13(18)16(14)24-10-15(21)20-19-6-2-4-12-5-3-7-23-12/h2-9H,10H2,1H3,(H,20,21)/b4-2+,19-6+. The van der Waals surface area contributed by atoms with Crippen LogP contribution in [-0.2, 0) is 4.79 Å². The van der Waals surface area contributed by atoms with Crippen molar-refractivity contribution in [2.24, 2.45) is 5.10 Å². The Morgan fingerprint density at radius 2 is 2.25 bits per heavy atom. The van der Waals surface area contributed by atoms with Crippen molar-refractivity contribution in [1.82, 2.24) is 5.43 Å². The molecule has 0 saturated heterocycles. The zero-order valence-electron chi connectivity index (χ0n) is 12.7. The van der Waals surface area contributed by atoms with Crippen molar-refractivity contribution in [3.63, 3.8) is 0 Å². The van der Waals surface area contributed by atoms with E-state index in [1.54, 1.807) is 42.7 Å². The smallest absolute Gasteiger partial charge is 0.277 e. The molecule has 6 nitrogen and oxygen atoms in total. The molecular formula is C16H14Br2N2O4. The molecule has 0 bridgehead atoms. The summed E-state index contributed by atoms with van der Waals surface area (Å²) in [7, 11) is 1.52. The van der Waals surface area contributed by atoms with Gasteiger partial charge >= 0.3 is 0 Å². The highest BCUT2D eigenvalue weighted by Gasteiger charge is 2.12. The predicted molar refractivity (Wildman–Crippen MR) is 98.3 cm³/mol. The molecule has 0 fully saturated rings. The van der Waals surface area contributed by atoms with Crippen LogP contribution in [0.2, 0.25) is 0 Å². The molecule has 0 aliphatic rings. The summed E-state index contributed by atoms with van der Waals surface area (Å²) in [5.74, 6) is 1.25. The number of hydrazone groups is 1. The van der Waals surface area contributed by atoms with Gasteiger partial charge in [0.05, 0.1) is 17.8 Å². The Kier molecular flexibility index (Phi) is 7.07. The number of halogens is 2. The predicted octanol–water partition coefficient (Wildman–Crippen LogP) is 4.01. The van der Waals surface area contributed by atoms with Gasteiger partial charge in [0.2, 0.25) is 0 Å². The third-order valence-corrected chi connectivity index (χ3v) is 3.74. The van der Waals surface area contributed by atoms with Crippen LogP contribution in [0.1, 0.15) is 5.76 Å². The molecule has 2 rings (SSSR count). The molecule has 24 heavy (non-hydrogen) atoms. The number of hydrogen-bond donors (Lipinski definition) is 1. The maximum absolute atomic E-state index is 11.7. The van der Waals surface area contributed by atoms with Gasteiger partial charge in [0.25, 0.3) is 5.91 Å². The highest BCUT2D eigenvalue weighted by Crippen LogP contribution is 2.38. The van der Waals surface area contributed by atoms with Crippen LogP contribution in [0.25, 0.3) is 6.08 Å². The molecular weight excluding hydrogens is 444 g/mol. The summed E-state index contributed by atoms with van der Waals surface area (Å²) in [6.45, 7) is -0.199. The first kappa shape index (κ1) is 18.3. The van der Waals surface area contributed by atoms with Gasteiger partial charge in [0.1, 0.15) is 5.76 Å². The Hall–Kier alpha value is -2.06. The maximum Gasteiger partial charge on any atom is 0.277 e. The van der Waals surface area contributed by atoms with E-state index in [0.717, 1.165) is 4.47 Å². The SMILES string of the molecule is COc1cc(Br)cc(Br)c1OCC(=O)N/N=C/C=C/c1ccco1. The van der Waals surface area contributed by atoms with E-state index in [-0.39, 0.29) is 6.61 Å². The van der Waals surface area contributed by atoms with Gasteiger partial charge in [-0.1, -0.05) is 15.9 Å². The molecule has 0 saturated carbocycles. The lowest BCUT2D eigenvalue weighted by atomic mass is 10.3. The number of hydrogen-bond acceptors (Lipinski definition) is 5. The van der Waals surface area contributed by atoms with Crippen molar-refractivity contribution < 1.29 is 18.7 Å². The van der Waals surface area contributed by atoms with Crippen molar-refractivity contribution in [3.05, 3.63) is 51.3 Å². The van der Waals surface area contributed by atoms with E-state index >= 15 is 0 Å². The number of nitrogens with one attached hydrogen (secondary N) is 1. The molecule has 0 radical (unpaired) electrons. The second kappa shape index (κ2) is 9.29. The molecule has 0 aliphatic carbocycles. The highest BCUT2D eigenvalue weighted by molar-refractivity contribution is 9.11. The minimum Gasteiger partial charge on any atom is -0.493 e. The van der Waals surface area contributed by atoms with E-state index in [1.165, 1.54) is 13.3 Å². The number of furan rings is 1. The lowest BCUT2D eigenvalue weighted by Crippen LogP contribution is -2.24. The first-order chi connectivity index (χ1) is 11.6. The quantitative estimate of drug-likeness (QED) is 0.503. The number of methoxy groups -OCH3 is 1. The molecule has 0 spiro atoms. The zero-order chi connectivity index (χ0) is 17.4. The molecule has 126 valence electrons. The highest BCUT2D eigenvalue weighted by atomic mass is 79.9. The van der Waals surface area contributed by atoms with E-state index < -0.39 is 5.91 Å². The molecule has 1 N–H and O–H groups in total. The van der Waals surface area contributed by atoms with E-state index in [4.69, 9.17) is 13.9 Å². The van der Waals surface area contributed by atoms with Crippen LogP contribution in [0.5, 0.6) is 11.5 Å². The lowest BCUT2D eigenvalue weighted by molar-refractivity contribution is -0.123. The minimum absolute atomic E-state index is 0.199. The van der Waals surface area contributed by atoms with Gasteiger partial charge in [0, 0.05) is 10.7 Å². The Morgan fingerprint density at radius 3 is 2.96 bits per heavy atom. The van der Waals surface area contributed by atoms with Crippen LogP contribution in [0, 0.1) is 0 Å². The number of carbonyl (C=O) groups is 1. The van der Waals surface area contributed by atoms with Gasteiger partial charge in [-0.25, -0.2) is 5.43 Å². The van der Waals surface area contributed by atoms with Gasteiger partial charge in [-0.15, -0.1) is 0 Å². The first-order valence-corrected chi connectivity index (χ1v) is 8.36. The third kappa shape index (κ3) is 5.54.